The molecule has 1 N–H and O–H groups in total. The summed E-state index contributed by atoms with van der Waals surface area (Å²) in [5.74, 6) is 0.00807. The summed E-state index contributed by atoms with van der Waals surface area (Å²) in [5, 5.41) is 3.21. The van der Waals surface area contributed by atoms with Gasteiger partial charge in [0.1, 0.15) is 0 Å². The third-order valence-electron chi connectivity index (χ3n) is 6.33. The van der Waals surface area contributed by atoms with Crippen molar-refractivity contribution in [2.75, 3.05) is 58.3 Å². The van der Waals surface area contributed by atoms with Gasteiger partial charge in [0, 0.05) is 57.6 Å². The number of fused-ring (bicyclic) bond motifs is 1. The molecule has 2 heterocycles. The average Bonchev–Trinajstić information content (AvgIpc) is 3.09. The van der Waals surface area contributed by atoms with Crippen molar-refractivity contribution in [2.45, 2.75) is 19.4 Å². The van der Waals surface area contributed by atoms with Crippen LogP contribution in [-0.2, 0) is 6.42 Å². The number of aryl methyl sites for hydroxylation is 1. The van der Waals surface area contributed by atoms with Crippen LogP contribution < -0.4 is 10.2 Å². The van der Waals surface area contributed by atoms with Crippen molar-refractivity contribution in [1.82, 2.24) is 15.1 Å². The fourth-order valence-electron chi connectivity index (χ4n) is 4.46. The molecule has 0 aliphatic carbocycles. The van der Waals surface area contributed by atoms with Crippen LogP contribution in [0.1, 0.15) is 33.1 Å². The summed E-state index contributed by atoms with van der Waals surface area (Å²) in [4.78, 5) is 20.0. The summed E-state index contributed by atoms with van der Waals surface area (Å²) in [6.45, 7) is 7.92. The molecule has 1 saturated heterocycles. The summed E-state index contributed by atoms with van der Waals surface area (Å²) >= 11 is 0. The second kappa shape index (κ2) is 8.56. The number of hydrogen-bond acceptors (Lipinski definition) is 4. The number of nitrogens with one attached hydrogen (secondary N) is 1. The Balaban J connectivity index is 1.53. The molecule has 2 aliphatic rings. The van der Waals surface area contributed by atoms with Crippen LogP contribution >= 0.6 is 0 Å². The van der Waals surface area contributed by atoms with E-state index in [1.54, 1.807) is 0 Å². The first kappa shape index (κ1) is 19.9. The molecule has 0 saturated carbocycles. The van der Waals surface area contributed by atoms with Crippen LogP contribution in [0, 0.1) is 6.92 Å². The predicted molar refractivity (Wildman–Crippen MR) is 119 cm³/mol. The highest BCUT2D eigenvalue weighted by Gasteiger charge is 2.26. The quantitative estimate of drug-likeness (QED) is 0.849. The summed E-state index contributed by atoms with van der Waals surface area (Å²) in [5.41, 5.74) is 5.92. The van der Waals surface area contributed by atoms with Crippen LogP contribution in [0.5, 0.6) is 0 Å². The average molecular weight is 393 g/mol. The Kier molecular flexibility index (Phi) is 5.88. The normalized spacial score (nSPS) is 18.5. The van der Waals surface area contributed by atoms with Crippen LogP contribution in [-0.4, -0.2) is 69.1 Å². The van der Waals surface area contributed by atoms with E-state index in [0.717, 1.165) is 50.3 Å². The van der Waals surface area contributed by atoms with Crippen LogP contribution in [0.15, 0.2) is 42.5 Å². The predicted octanol–water partition coefficient (Wildman–Crippen LogP) is 2.71. The molecule has 1 atom stereocenters. The molecule has 1 amide bonds. The molecule has 5 heteroatoms. The van der Waals surface area contributed by atoms with Crippen molar-refractivity contribution < 1.29 is 4.79 Å². The molecule has 2 aromatic rings. The number of hydrogen-bond donors (Lipinski definition) is 1. The highest BCUT2D eigenvalue weighted by molar-refractivity contribution is 5.94. The molecule has 1 fully saturated rings. The van der Waals surface area contributed by atoms with Crippen LogP contribution in [0.2, 0.25) is 0 Å². The molecule has 5 nitrogen and oxygen atoms in total. The van der Waals surface area contributed by atoms with Crippen LogP contribution in [0.25, 0.3) is 0 Å². The minimum Gasteiger partial charge on any atom is -0.374 e. The van der Waals surface area contributed by atoms with E-state index in [2.05, 4.69) is 52.3 Å². The molecule has 0 bridgehead atoms. The number of carbonyl (C=O) groups is 1. The van der Waals surface area contributed by atoms with Gasteiger partial charge in [0.05, 0.1) is 6.04 Å². The van der Waals surface area contributed by atoms with Crippen molar-refractivity contribution in [1.29, 1.82) is 0 Å². The molecule has 0 radical (unpaired) electrons. The van der Waals surface area contributed by atoms with Crippen molar-refractivity contribution in [3.05, 3.63) is 64.7 Å². The van der Waals surface area contributed by atoms with Gasteiger partial charge >= 0.3 is 0 Å². The first-order valence-corrected chi connectivity index (χ1v) is 10.6. The molecule has 0 aromatic heterocycles. The number of piperazine rings is 1. The molecule has 154 valence electrons. The summed E-state index contributed by atoms with van der Waals surface area (Å²) in [7, 11) is 4.34. The van der Waals surface area contributed by atoms with E-state index in [1.165, 1.54) is 16.8 Å². The van der Waals surface area contributed by atoms with E-state index in [9.17, 15) is 4.79 Å². The van der Waals surface area contributed by atoms with Gasteiger partial charge in [0.25, 0.3) is 5.91 Å². The number of anilines is 1. The first-order chi connectivity index (χ1) is 14.0. The minimum atomic E-state index is 0.00807. The Hall–Kier alpha value is -2.37. The van der Waals surface area contributed by atoms with Gasteiger partial charge in [-0.25, -0.2) is 0 Å². The maximum Gasteiger partial charge on any atom is 0.251 e. The lowest BCUT2D eigenvalue weighted by atomic mass is 10.00. The SMILES string of the molecule is Cc1cccc(C(=O)NC[C@H](c2ccc3c(c2)CCN3C)N2CCN(C)CC2)c1. The second-order valence-corrected chi connectivity index (χ2v) is 8.49. The molecule has 2 aliphatic heterocycles. The zero-order valence-electron chi connectivity index (χ0n) is 17.8. The van der Waals surface area contributed by atoms with E-state index < -0.39 is 0 Å². The van der Waals surface area contributed by atoms with Gasteiger partial charge in [-0.3, -0.25) is 9.69 Å². The maximum atomic E-state index is 12.8. The highest BCUT2D eigenvalue weighted by Crippen LogP contribution is 2.31. The Morgan fingerprint density at radius 2 is 1.83 bits per heavy atom. The fourth-order valence-corrected chi connectivity index (χ4v) is 4.46. The molecule has 0 spiro atoms. The third kappa shape index (κ3) is 4.46. The Bertz CT molecular complexity index is 873. The van der Waals surface area contributed by atoms with Crippen molar-refractivity contribution in [3.8, 4) is 0 Å². The van der Waals surface area contributed by atoms with Crippen molar-refractivity contribution >= 4 is 11.6 Å². The largest absolute Gasteiger partial charge is 0.374 e. The Morgan fingerprint density at radius 1 is 1.03 bits per heavy atom. The monoisotopic (exact) mass is 392 g/mol. The molecular formula is C24H32N4O. The van der Waals surface area contributed by atoms with Gasteiger partial charge in [-0.15, -0.1) is 0 Å². The van der Waals surface area contributed by atoms with E-state index in [1.807, 2.05) is 31.2 Å². The molecule has 0 unspecified atom stereocenters. The molecule has 4 rings (SSSR count). The number of benzene rings is 2. The highest BCUT2D eigenvalue weighted by atomic mass is 16.1. The van der Waals surface area contributed by atoms with Gasteiger partial charge in [-0.2, -0.15) is 0 Å². The van der Waals surface area contributed by atoms with Crippen LogP contribution in [0.4, 0.5) is 5.69 Å². The van der Waals surface area contributed by atoms with Gasteiger partial charge in [-0.05, 0) is 49.7 Å². The second-order valence-electron chi connectivity index (χ2n) is 8.49. The van der Waals surface area contributed by atoms with Crippen LogP contribution in [0.3, 0.4) is 0 Å². The zero-order valence-corrected chi connectivity index (χ0v) is 17.8. The smallest absolute Gasteiger partial charge is 0.251 e. The lowest BCUT2D eigenvalue weighted by Crippen LogP contribution is -2.48. The Morgan fingerprint density at radius 3 is 2.59 bits per heavy atom. The number of amides is 1. The third-order valence-corrected chi connectivity index (χ3v) is 6.33. The van der Waals surface area contributed by atoms with Gasteiger partial charge in [-0.1, -0.05) is 29.8 Å². The number of rotatable bonds is 5. The van der Waals surface area contributed by atoms with E-state index in [0.29, 0.717) is 6.54 Å². The number of nitrogens with zero attached hydrogens (tertiary/aromatic N) is 3. The van der Waals surface area contributed by atoms with Gasteiger partial charge in [0.2, 0.25) is 0 Å². The zero-order chi connectivity index (χ0) is 20.4. The summed E-state index contributed by atoms with van der Waals surface area (Å²) in [6, 6.07) is 14.9. The van der Waals surface area contributed by atoms with Gasteiger partial charge < -0.3 is 15.1 Å². The minimum absolute atomic E-state index is 0.00807. The fraction of sp³-hybridized carbons (Fsp3) is 0.458. The van der Waals surface area contributed by atoms with E-state index in [4.69, 9.17) is 0 Å². The maximum absolute atomic E-state index is 12.8. The molecular weight excluding hydrogens is 360 g/mol. The van der Waals surface area contributed by atoms with Crippen molar-refractivity contribution in [2.24, 2.45) is 0 Å². The molecule has 2 aromatic carbocycles. The van der Waals surface area contributed by atoms with E-state index in [-0.39, 0.29) is 11.9 Å². The summed E-state index contributed by atoms with van der Waals surface area (Å²) in [6.07, 6.45) is 1.10. The number of likely N-dealkylation sites (N-methyl/N-ethyl adjacent to an activating group) is 2. The lowest BCUT2D eigenvalue weighted by Gasteiger charge is -2.38. The summed E-state index contributed by atoms with van der Waals surface area (Å²) < 4.78 is 0. The lowest BCUT2D eigenvalue weighted by molar-refractivity contribution is 0.0886. The standard InChI is InChI=1S/C24H32N4O/c1-18-5-4-6-21(15-18)24(29)25-17-23(28-13-11-26(2)12-14-28)19-7-8-22-20(16-19)9-10-27(22)3/h4-8,15-16,23H,9-14,17H2,1-3H3,(H,25,29)/t23-/m1/s1. The number of carbonyl (C=O) groups excluding carboxylic acids is 1. The first-order valence-electron chi connectivity index (χ1n) is 10.6. The Labute approximate surface area is 174 Å². The van der Waals surface area contributed by atoms with Gasteiger partial charge in [0.15, 0.2) is 0 Å². The topological polar surface area (TPSA) is 38.8 Å². The molecule has 29 heavy (non-hydrogen) atoms. The van der Waals surface area contributed by atoms with Crippen molar-refractivity contribution in [3.63, 3.8) is 0 Å². The van der Waals surface area contributed by atoms with E-state index >= 15 is 0 Å².